The lowest BCUT2D eigenvalue weighted by Gasteiger charge is -2.34. The topological polar surface area (TPSA) is 76.1 Å². The first-order valence-electron chi connectivity index (χ1n) is 6.25. The Morgan fingerprint density at radius 3 is 2.95 bits per heavy atom. The minimum atomic E-state index is -1.04. The zero-order chi connectivity index (χ0) is 14.7. The maximum Gasteiger partial charge on any atom is 0.334 e. The van der Waals surface area contributed by atoms with Gasteiger partial charge in [-0.05, 0) is 18.4 Å². The Balaban J connectivity index is 2.15. The molecule has 0 spiro atoms. The predicted octanol–water partition coefficient (Wildman–Crippen LogP) is 1.21. The zero-order valence-electron chi connectivity index (χ0n) is 11.4. The number of carboxylic acid groups (broad SMARTS) is 1. The van der Waals surface area contributed by atoms with Crippen molar-refractivity contribution in [1.82, 2.24) is 4.90 Å². The summed E-state index contributed by atoms with van der Waals surface area (Å²) in [6.07, 6.45) is -1.26. The molecular formula is C13H17NO5S. The number of methoxy groups -OCH3 is 1. The molecule has 0 radical (unpaired) electrons. The molecule has 0 aromatic carbocycles. The lowest BCUT2D eigenvalue weighted by Crippen LogP contribution is -2.51. The van der Waals surface area contributed by atoms with E-state index in [9.17, 15) is 9.59 Å². The maximum absolute atomic E-state index is 12.5. The minimum Gasteiger partial charge on any atom is -0.479 e. The number of morpholine rings is 1. The van der Waals surface area contributed by atoms with Crippen LogP contribution in [0.3, 0.4) is 0 Å². The third kappa shape index (κ3) is 3.17. The Bertz CT molecular complexity index is 501. The van der Waals surface area contributed by atoms with Crippen molar-refractivity contribution in [2.45, 2.75) is 25.7 Å². The summed E-state index contributed by atoms with van der Waals surface area (Å²) in [4.78, 5) is 25.7. The van der Waals surface area contributed by atoms with E-state index in [0.29, 0.717) is 18.0 Å². The normalized spacial score (nSPS) is 22.8. The maximum atomic E-state index is 12.5. The molecule has 1 N–H and O–H groups in total. The number of ether oxygens (including phenoxy) is 2. The Morgan fingerprint density at radius 2 is 2.30 bits per heavy atom. The van der Waals surface area contributed by atoms with Gasteiger partial charge in [-0.1, -0.05) is 0 Å². The van der Waals surface area contributed by atoms with E-state index in [0.717, 1.165) is 5.56 Å². The SMILES string of the molecule is COCc1ccsc1C(=O)N1CC(C(=O)O)O[C@H](C)C1. The first-order valence-corrected chi connectivity index (χ1v) is 7.13. The number of hydrogen-bond acceptors (Lipinski definition) is 5. The van der Waals surface area contributed by atoms with Crippen LogP contribution in [-0.4, -0.2) is 54.3 Å². The van der Waals surface area contributed by atoms with Crippen LogP contribution in [0.5, 0.6) is 0 Å². The number of hydrogen-bond donors (Lipinski definition) is 1. The average Bonchev–Trinajstić information content (AvgIpc) is 2.85. The van der Waals surface area contributed by atoms with Gasteiger partial charge in [0.25, 0.3) is 5.91 Å². The summed E-state index contributed by atoms with van der Waals surface area (Å²) in [6, 6.07) is 1.85. The summed E-state index contributed by atoms with van der Waals surface area (Å²) in [5, 5.41) is 10.9. The van der Waals surface area contributed by atoms with Gasteiger partial charge in [0, 0.05) is 19.2 Å². The molecule has 1 aromatic heterocycles. The van der Waals surface area contributed by atoms with E-state index in [1.54, 1.807) is 14.0 Å². The smallest absolute Gasteiger partial charge is 0.334 e. The van der Waals surface area contributed by atoms with Crippen molar-refractivity contribution in [3.05, 3.63) is 21.9 Å². The van der Waals surface area contributed by atoms with Crippen LogP contribution < -0.4 is 0 Å². The predicted molar refractivity (Wildman–Crippen MR) is 72.9 cm³/mol. The third-order valence-corrected chi connectivity index (χ3v) is 4.01. The second-order valence-corrected chi connectivity index (χ2v) is 5.61. The molecule has 1 aliphatic heterocycles. The minimum absolute atomic E-state index is 0.0723. The summed E-state index contributed by atoms with van der Waals surface area (Å²) in [5.41, 5.74) is 0.827. The Hall–Kier alpha value is -1.44. The van der Waals surface area contributed by atoms with Crippen LogP contribution in [0.1, 0.15) is 22.2 Å². The molecule has 1 aromatic rings. The first-order chi connectivity index (χ1) is 9.52. The number of rotatable bonds is 4. The summed E-state index contributed by atoms with van der Waals surface area (Å²) >= 11 is 1.34. The van der Waals surface area contributed by atoms with E-state index in [-0.39, 0.29) is 18.6 Å². The van der Waals surface area contributed by atoms with Crippen LogP contribution in [0.4, 0.5) is 0 Å². The summed E-state index contributed by atoms with van der Waals surface area (Å²) < 4.78 is 10.4. The summed E-state index contributed by atoms with van der Waals surface area (Å²) in [5.74, 6) is -1.20. The van der Waals surface area contributed by atoms with Gasteiger partial charge in [-0.2, -0.15) is 0 Å². The molecule has 7 heteroatoms. The van der Waals surface area contributed by atoms with Crippen LogP contribution in [-0.2, 0) is 20.9 Å². The van der Waals surface area contributed by atoms with Crippen LogP contribution >= 0.6 is 11.3 Å². The molecule has 0 bridgehead atoms. The second-order valence-electron chi connectivity index (χ2n) is 4.69. The van der Waals surface area contributed by atoms with Gasteiger partial charge in [0.05, 0.1) is 24.1 Å². The highest BCUT2D eigenvalue weighted by Gasteiger charge is 2.33. The van der Waals surface area contributed by atoms with Crippen molar-refractivity contribution in [1.29, 1.82) is 0 Å². The van der Waals surface area contributed by atoms with Crippen molar-refractivity contribution in [3.8, 4) is 0 Å². The van der Waals surface area contributed by atoms with Crippen LogP contribution in [0.15, 0.2) is 11.4 Å². The summed E-state index contributed by atoms with van der Waals surface area (Å²) in [7, 11) is 1.57. The largest absolute Gasteiger partial charge is 0.479 e. The third-order valence-electron chi connectivity index (χ3n) is 3.06. The van der Waals surface area contributed by atoms with Crippen molar-refractivity contribution in [2.24, 2.45) is 0 Å². The quantitative estimate of drug-likeness (QED) is 0.904. The van der Waals surface area contributed by atoms with E-state index in [1.165, 1.54) is 16.2 Å². The molecule has 0 aliphatic carbocycles. The van der Waals surface area contributed by atoms with E-state index < -0.39 is 12.1 Å². The molecule has 110 valence electrons. The first kappa shape index (κ1) is 15.0. The number of nitrogens with zero attached hydrogens (tertiary/aromatic N) is 1. The molecule has 20 heavy (non-hydrogen) atoms. The van der Waals surface area contributed by atoms with E-state index >= 15 is 0 Å². The molecule has 2 atom stereocenters. The van der Waals surface area contributed by atoms with Gasteiger partial charge in [0.1, 0.15) is 0 Å². The number of carboxylic acids is 1. The molecule has 2 heterocycles. The molecule has 6 nitrogen and oxygen atoms in total. The zero-order valence-corrected chi connectivity index (χ0v) is 12.2. The van der Waals surface area contributed by atoms with Gasteiger partial charge in [0.15, 0.2) is 6.10 Å². The van der Waals surface area contributed by atoms with Crippen molar-refractivity contribution in [2.75, 3.05) is 20.2 Å². The van der Waals surface area contributed by atoms with Crippen molar-refractivity contribution < 1.29 is 24.2 Å². The van der Waals surface area contributed by atoms with E-state index in [1.807, 2.05) is 11.4 Å². The fourth-order valence-corrected chi connectivity index (χ4v) is 3.07. The van der Waals surface area contributed by atoms with Crippen molar-refractivity contribution in [3.63, 3.8) is 0 Å². The highest BCUT2D eigenvalue weighted by Crippen LogP contribution is 2.22. The second kappa shape index (κ2) is 6.34. The highest BCUT2D eigenvalue weighted by atomic mass is 32.1. The molecular weight excluding hydrogens is 282 g/mol. The van der Waals surface area contributed by atoms with Crippen LogP contribution in [0, 0.1) is 0 Å². The highest BCUT2D eigenvalue weighted by molar-refractivity contribution is 7.12. The lowest BCUT2D eigenvalue weighted by atomic mass is 10.2. The van der Waals surface area contributed by atoms with Gasteiger partial charge in [0.2, 0.25) is 0 Å². The molecule has 1 fully saturated rings. The number of aliphatic carboxylic acids is 1. The monoisotopic (exact) mass is 299 g/mol. The van der Waals surface area contributed by atoms with E-state index in [4.69, 9.17) is 14.6 Å². The Morgan fingerprint density at radius 1 is 1.55 bits per heavy atom. The number of carbonyl (C=O) groups is 2. The van der Waals surface area contributed by atoms with Crippen LogP contribution in [0.2, 0.25) is 0 Å². The molecule has 1 saturated heterocycles. The number of amides is 1. The van der Waals surface area contributed by atoms with E-state index in [2.05, 4.69) is 0 Å². The van der Waals surface area contributed by atoms with Crippen molar-refractivity contribution >= 4 is 23.2 Å². The molecule has 1 amide bonds. The van der Waals surface area contributed by atoms with Gasteiger partial charge < -0.3 is 19.5 Å². The van der Waals surface area contributed by atoms with Gasteiger partial charge in [-0.25, -0.2) is 4.79 Å². The fourth-order valence-electron chi connectivity index (χ4n) is 2.19. The van der Waals surface area contributed by atoms with Gasteiger partial charge in [-0.3, -0.25) is 4.79 Å². The average molecular weight is 299 g/mol. The number of carbonyl (C=O) groups excluding carboxylic acids is 1. The fraction of sp³-hybridized carbons (Fsp3) is 0.538. The van der Waals surface area contributed by atoms with Gasteiger partial charge >= 0.3 is 5.97 Å². The Labute approximate surface area is 120 Å². The molecule has 1 unspecified atom stereocenters. The molecule has 1 aliphatic rings. The molecule has 0 saturated carbocycles. The van der Waals surface area contributed by atoms with Gasteiger partial charge in [-0.15, -0.1) is 11.3 Å². The summed E-state index contributed by atoms with van der Waals surface area (Å²) in [6.45, 7) is 2.60. The number of thiophene rings is 1. The lowest BCUT2D eigenvalue weighted by molar-refractivity contribution is -0.160. The van der Waals surface area contributed by atoms with Crippen LogP contribution in [0.25, 0.3) is 0 Å². The standard InChI is InChI=1S/C13H17NO5S/c1-8-5-14(6-10(19-8)13(16)17)12(15)11-9(7-18-2)3-4-20-11/h3-4,8,10H,5-7H2,1-2H3,(H,16,17)/t8-,10?/m1/s1. The Kier molecular flexibility index (Phi) is 4.74. The molecule has 2 rings (SSSR count).